The Morgan fingerprint density at radius 2 is 1.43 bits per heavy atom. The van der Waals surface area contributed by atoms with Gasteiger partial charge in [0.15, 0.2) is 17.3 Å². The van der Waals surface area contributed by atoms with E-state index in [0.29, 0.717) is 16.7 Å². The van der Waals surface area contributed by atoms with E-state index in [4.69, 9.17) is 9.47 Å². The first kappa shape index (κ1) is 16.4. The number of benzene rings is 2. The van der Waals surface area contributed by atoms with E-state index >= 15 is 0 Å². The molecule has 0 radical (unpaired) electrons. The van der Waals surface area contributed by atoms with Crippen LogP contribution < -0.4 is 9.47 Å². The van der Waals surface area contributed by atoms with Crippen LogP contribution in [0.15, 0.2) is 42.5 Å². The molecular weight excluding hydrogens is 296 g/mol. The van der Waals surface area contributed by atoms with E-state index in [9.17, 15) is 14.4 Å². The smallest absolute Gasteiger partial charge is 0.308 e. The summed E-state index contributed by atoms with van der Waals surface area (Å²) in [5.74, 6) is -1.12. The van der Waals surface area contributed by atoms with Crippen molar-refractivity contribution in [3.05, 3.63) is 59.2 Å². The highest BCUT2D eigenvalue weighted by atomic mass is 16.6. The first-order valence-electron chi connectivity index (χ1n) is 7.00. The molecule has 2 rings (SSSR count). The first-order valence-corrected chi connectivity index (χ1v) is 7.00. The van der Waals surface area contributed by atoms with Gasteiger partial charge in [-0.2, -0.15) is 0 Å². The Labute approximate surface area is 133 Å². The average molecular weight is 312 g/mol. The molecule has 5 nitrogen and oxygen atoms in total. The van der Waals surface area contributed by atoms with Crippen LogP contribution in [0.25, 0.3) is 0 Å². The molecule has 0 aromatic heterocycles. The van der Waals surface area contributed by atoms with Crippen LogP contribution in [0.4, 0.5) is 0 Å². The molecule has 0 atom stereocenters. The normalized spacial score (nSPS) is 10.0. The summed E-state index contributed by atoms with van der Waals surface area (Å²) < 4.78 is 10.2. The third-order valence-corrected chi connectivity index (χ3v) is 3.15. The quantitative estimate of drug-likeness (QED) is 0.493. The monoisotopic (exact) mass is 312 g/mol. The fraction of sp³-hybridized carbons (Fsp3) is 0.167. The van der Waals surface area contributed by atoms with E-state index in [1.807, 2.05) is 6.07 Å². The summed E-state index contributed by atoms with van der Waals surface area (Å²) in [4.78, 5) is 35.1. The van der Waals surface area contributed by atoms with E-state index in [1.54, 1.807) is 37.3 Å². The second-order valence-corrected chi connectivity index (χ2v) is 4.95. The molecule has 0 saturated carbocycles. The maximum absolute atomic E-state index is 12.6. The van der Waals surface area contributed by atoms with Crippen molar-refractivity contribution in [1.29, 1.82) is 0 Å². The van der Waals surface area contributed by atoms with Gasteiger partial charge in [-0.05, 0) is 19.1 Å². The molecule has 0 spiro atoms. The summed E-state index contributed by atoms with van der Waals surface area (Å²) >= 11 is 0. The molecule has 2 aromatic rings. The second-order valence-electron chi connectivity index (χ2n) is 4.95. The lowest BCUT2D eigenvalue weighted by Crippen LogP contribution is -2.11. The molecule has 0 aliphatic heterocycles. The highest BCUT2D eigenvalue weighted by molar-refractivity contribution is 6.10. The van der Waals surface area contributed by atoms with Gasteiger partial charge in [0.1, 0.15) is 0 Å². The van der Waals surface area contributed by atoms with Crippen LogP contribution in [0.3, 0.4) is 0 Å². The fourth-order valence-corrected chi connectivity index (χ4v) is 2.16. The number of carbonyl (C=O) groups excluding carboxylic acids is 3. The van der Waals surface area contributed by atoms with Crippen LogP contribution in [0.2, 0.25) is 0 Å². The molecular formula is C18H16O5. The summed E-state index contributed by atoms with van der Waals surface area (Å²) in [5.41, 5.74) is 1.33. The molecule has 0 bridgehead atoms. The largest absolute Gasteiger partial charge is 0.423 e. The van der Waals surface area contributed by atoms with E-state index in [2.05, 4.69) is 0 Å². The highest BCUT2D eigenvalue weighted by Gasteiger charge is 2.20. The molecule has 0 amide bonds. The Bertz CT molecular complexity index is 762. The summed E-state index contributed by atoms with van der Waals surface area (Å²) in [6, 6.07) is 11.8. The predicted octanol–water partition coefficient (Wildman–Crippen LogP) is 3.08. The van der Waals surface area contributed by atoms with Crippen molar-refractivity contribution in [3.8, 4) is 11.5 Å². The average Bonchev–Trinajstić information content (AvgIpc) is 2.50. The van der Waals surface area contributed by atoms with Gasteiger partial charge < -0.3 is 9.47 Å². The summed E-state index contributed by atoms with van der Waals surface area (Å²) in [6.45, 7) is 4.13. The Hall–Kier alpha value is -2.95. The molecule has 0 N–H and O–H groups in total. The lowest BCUT2D eigenvalue weighted by atomic mass is 9.98. The van der Waals surface area contributed by atoms with E-state index in [-0.39, 0.29) is 17.3 Å². The Morgan fingerprint density at radius 1 is 0.826 bits per heavy atom. The molecule has 0 saturated heterocycles. The molecule has 0 aliphatic rings. The lowest BCUT2D eigenvalue weighted by molar-refractivity contribution is -0.134. The SMILES string of the molecule is CC(=O)Oc1ccc(C(=O)c2ccccc2)c(C)c1OC(C)=O. The number of carbonyl (C=O) groups is 3. The summed E-state index contributed by atoms with van der Waals surface area (Å²) in [5, 5.41) is 0. The predicted molar refractivity (Wildman–Crippen MR) is 83.7 cm³/mol. The zero-order valence-corrected chi connectivity index (χ0v) is 13.1. The number of rotatable bonds is 4. The van der Waals surface area contributed by atoms with E-state index in [0.717, 1.165) is 0 Å². The van der Waals surface area contributed by atoms with Gasteiger partial charge in [0.2, 0.25) is 0 Å². The van der Waals surface area contributed by atoms with Crippen LogP contribution in [-0.4, -0.2) is 17.7 Å². The summed E-state index contributed by atoms with van der Waals surface area (Å²) in [6.07, 6.45) is 0. The maximum atomic E-state index is 12.6. The minimum Gasteiger partial charge on any atom is -0.423 e. The standard InChI is InChI=1S/C18H16O5/c1-11-15(17(21)14-7-5-4-6-8-14)9-10-16(22-12(2)19)18(11)23-13(3)20/h4-10H,1-3H3. The van der Waals surface area contributed by atoms with E-state index < -0.39 is 11.9 Å². The molecule has 5 heteroatoms. The minimum atomic E-state index is -0.564. The molecule has 0 heterocycles. The molecule has 0 fully saturated rings. The second kappa shape index (κ2) is 6.87. The van der Waals surface area contributed by atoms with Crippen molar-refractivity contribution in [2.24, 2.45) is 0 Å². The number of ketones is 1. The van der Waals surface area contributed by atoms with Crippen LogP contribution in [0, 0.1) is 6.92 Å². The van der Waals surface area contributed by atoms with Crippen LogP contribution in [0.1, 0.15) is 35.3 Å². The molecule has 118 valence electrons. The fourth-order valence-electron chi connectivity index (χ4n) is 2.16. The lowest BCUT2D eigenvalue weighted by Gasteiger charge is -2.14. The Morgan fingerprint density at radius 3 is 2.00 bits per heavy atom. The molecule has 0 unspecified atom stereocenters. The topological polar surface area (TPSA) is 69.7 Å². The minimum absolute atomic E-state index is 0.0782. The number of hydrogen-bond donors (Lipinski definition) is 0. The van der Waals surface area contributed by atoms with Gasteiger partial charge in [0.25, 0.3) is 0 Å². The maximum Gasteiger partial charge on any atom is 0.308 e. The van der Waals surface area contributed by atoms with Gasteiger partial charge in [-0.3, -0.25) is 14.4 Å². The number of hydrogen-bond acceptors (Lipinski definition) is 5. The number of ether oxygens (including phenoxy) is 2. The molecule has 23 heavy (non-hydrogen) atoms. The van der Waals surface area contributed by atoms with Gasteiger partial charge in [0.05, 0.1) is 0 Å². The molecule has 2 aromatic carbocycles. The van der Waals surface area contributed by atoms with Gasteiger partial charge in [-0.15, -0.1) is 0 Å². The van der Waals surface area contributed by atoms with Crippen LogP contribution >= 0.6 is 0 Å². The zero-order chi connectivity index (χ0) is 17.0. The van der Waals surface area contributed by atoms with Gasteiger partial charge in [-0.25, -0.2) is 0 Å². The van der Waals surface area contributed by atoms with Gasteiger partial charge in [0, 0.05) is 30.5 Å². The third-order valence-electron chi connectivity index (χ3n) is 3.15. The van der Waals surface area contributed by atoms with Gasteiger partial charge in [-0.1, -0.05) is 30.3 Å². The zero-order valence-electron chi connectivity index (χ0n) is 13.1. The van der Waals surface area contributed by atoms with Crippen LogP contribution in [0.5, 0.6) is 11.5 Å². The van der Waals surface area contributed by atoms with Crippen molar-refractivity contribution in [3.63, 3.8) is 0 Å². The van der Waals surface area contributed by atoms with Crippen molar-refractivity contribution < 1.29 is 23.9 Å². The Balaban J connectivity index is 2.52. The van der Waals surface area contributed by atoms with Gasteiger partial charge >= 0.3 is 11.9 Å². The molecule has 0 aliphatic carbocycles. The highest BCUT2D eigenvalue weighted by Crippen LogP contribution is 2.34. The first-order chi connectivity index (χ1) is 10.9. The van der Waals surface area contributed by atoms with Crippen molar-refractivity contribution in [2.75, 3.05) is 0 Å². The summed E-state index contributed by atoms with van der Waals surface area (Å²) in [7, 11) is 0. The van der Waals surface area contributed by atoms with Crippen molar-refractivity contribution in [2.45, 2.75) is 20.8 Å². The Kier molecular flexibility index (Phi) is 4.91. The van der Waals surface area contributed by atoms with Crippen LogP contribution in [-0.2, 0) is 9.59 Å². The number of esters is 2. The van der Waals surface area contributed by atoms with Crippen molar-refractivity contribution >= 4 is 17.7 Å². The third kappa shape index (κ3) is 3.83. The van der Waals surface area contributed by atoms with E-state index in [1.165, 1.54) is 19.9 Å². The van der Waals surface area contributed by atoms with Crippen molar-refractivity contribution in [1.82, 2.24) is 0 Å².